The lowest BCUT2D eigenvalue weighted by Gasteiger charge is -2.35. The van der Waals surface area contributed by atoms with Crippen molar-refractivity contribution < 1.29 is 37.0 Å². The van der Waals surface area contributed by atoms with Gasteiger partial charge in [-0.1, -0.05) is 24.8 Å². The minimum absolute atomic E-state index is 0.00527. The van der Waals surface area contributed by atoms with Crippen molar-refractivity contribution in [3.8, 4) is 11.5 Å². The second-order valence-corrected chi connectivity index (χ2v) is 8.48. The number of alkyl halides is 3. The number of nitrogens with zero attached hydrogens (tertiary/aromatic N) is 2. The molecule has 0 bridgehead atoms. The summed E-state index contributed by atoms with van der Waals surface area (Å²) in [5, 5.41) is 2.60. The van der Waals surface area contributed by atoms with Gasteiger partial charge in [-0.15, -0.1) is 0 Å². The minimum Gasteiger partial charge on any atom is -0.497 e. The fraction of sp³-hybridized carbons (Fsp3) is 0.320. The van der Waals surface area contributed by atoms with E-state index in [1.807, 2.05) is 0 Å². The topological polar surface area (TPSA) is 88.2 Å². The summed E-state index contributed by atoms with van der Waals surface area (Å²) >= 11 is 0. The largest absolute Gasteiger partial charge is 0.497 e. The van der Waals surface area contributed by atoms with Crippen LogP contribution in [0.5, 0.6) is 11.5 Å². The van der Waals surface area contributed by atoms with E-state index in [0.29, 0.717) is 27.5 Å². The summed E-state index contributed by atoms with van der Waals surface area (Å²) in [6.07, 6.45) is -5.03. The van der Waals surface area contributed by atoms with Crippen LogP contribution in [0.4, 0.5) is 18.9 Å². The first-order valence-corrected chi connectivity index (χ1v) is 11.0. The third-order valence-electron chi connectivity index (χ3n) is 6.36. The van der Waals surface area contributed by atoms with Crippen LogP contribution in [0.3, 0.4) is 0 Å². The normalized spacial score (nSPS) is 19.8. The van der Waals surface area contributed by atoms with Gasteiger partial charge < -0.3 is 24.6 Å². The van der Waals surface area contributed by atoms with E-state index in [4.69, 9.17) is 9.47 Å². The van der Waals surface area contributed by atoms with Crippen molar-refractivity contribution in [1.82, 2.24) is 10.2 Å². The molecule has 1 unspecified atom stereocenters. The van der Waals surface area contributed by atoms with Gasteiger partial charge in [0.1, 0.15) is 23.2 Å². The summed E-state index contributed by atoms with van der Waals surface area (Å²) in [6, 6.07) is 10.3. The van der Waals surface area contributed by atoms with Crippen LogP contribution in [0.15, 0.2) is 54.7 Å². The predicted octanol–water partition coefficient (Wildman–Crippen LogP) is 3.13. The SMILES string of the molecule is C=C1C(=O)N[C@@H](CC2CN(C(=O)C(F)(F)F)c3ccccc32)C(=O)N1Cc1ccc(OC)cc1OC. The molecule has 0 aliphatic carbocycles. The number of fused-ring (bicyclic) bond motifs is 1. The number of amides is 3. The number of carbonyl (C=O) groups is 3. The van der Waals surface area contributed by atoms with Crippen LogP contribution in [0, 0.1) is 0 Å². The first-order chi connectivity index (χ1) is 17.0. The molecule has 0 radical (unpaired) electrons. The number of piperazine rings is 1. The molecule has 11 heteroatoms. The smallest absolute Gasteiger partial charge is 0.471 e. The zero-order valence-corrected chi connectivity index (χ0v) is 19.6. The molecule has 4 rings (SSSR count). The molecule has 0 saturated carbocycles. The molecule has 1 fully saturated rings. The van der Waals surface area contributed by atoms with Gasteiger partial charge in [-0.2, -0.15) is 13.2 Å². The van der Waals surface area contributed by atoms with Gasteiger partial charge >= 0.3 is 12.1 Å². The van der Waals surface area contributed by atoms with Crippen molar-refractivity contribution in [1.29, 1.82) is 0 Å². The molecule has 2 aliphatic rings. The Morgan fingerprint density at radius 2 is 1.86 bits per heavy atom. The summed E-state index contributed by atoms with van der Waals surface area (Å²) < 4.78 is 50.1. The predicted molar refractivity (Wildman–Crippen MR) is 123 cm³/mol. The summed E-state index contributed by atoms with van der Waals surface area (Å²) in [4.78, 5) is 40.0. The Labute approximate surface area is 205 Å². The number of para-hydroxylation sites is 1. The standard InChI is InChI=1S/C25H24F3N3O5/c1-14-22(32)29-19(23(33)30(14)12-15-8-9-17(35-2)11-21(15)36-3)10-16-13-31(24(34)25(26,27)28)20-7-5-4-6-18(16)20/h4-9,11,16,19H,1,10,12-13H2,2-3H3,(H,29,32)/t16?,19-/m0/s1. The lowest BCUT2D eigenvalue weighted by molar-refractivity contribution is -0.170. The van der Waals surface area contributed by atoms with Gasteiger partial charge in [0.15, 0.2) is 0 Å². The second-order valence-electron chi connectivity index (χ2n) is 8.48. The van der Waals surface area contributed by atoms with Crippen LogP contribution in [0.25, 0.3) is 0 Å². The van der Waals surface area contributed by atoms with E-state index in [9.17, 15) is 27.6 Å². The van der Waals surface area contributed by atoms with Gasteiger partial charge in [-0.25, -0.2) is 0 Å². The van der Waals surface area contributed by atoms with Crippen LogP contribution in [0.2, 0.25) is 0 Å². The fourth-order valence-electron chi connectivity index (χ4n) is 4.56. The second kappa shape index (κ2) is 9.56. The molecule has 2 heterocycles. The molecule has 0 spiro atoms. The van der Waals surface area contributed by atoms with Gasteiger partial charge in [0.05, 0.1) is 20.8 Å². The molecule has 8 nitrogen and oxygen atoms in total. The maximum absolute atomic E-state index is 13.4. The summed E-state index contributed by atoms with van der Waals surface area (Å²) in [5.74, 6) is -2.60. The van der Waals surface area contributed by atoms with E-state index < -0.39 is 35.9 Å². The van der Waals surface area contributed by atoms with E-state index in [1.54, 1.807) is 36.4 Å². The lowest BCUT2D eigenvalue weighted by atomic mass is 9.92. The molecule has 190 valence electrons. The van der Waals surface area contributed by atoms with Gasteiger partial charge in [-0.05, 0) is 30.2 Å². The number of rotatable bonds is 6. The Balaban J connectivity index is 1.57. The number of anilines is 1. The summed E-state index contributed by atoms with van der Waals surface area (Å²) in [5.41, 5.74) is 1.19. The third kappa shape index (κ3) is 4.60. The highest BCUT2D eigenvalue weighted by Crippen LogP contribution is 2.41. The van der Waals surface area contributed by atoms with Gasteiger partial charge in [0, 0.05) is 29.8 Å². The lowest BCUT2D eigenvalue weighted by Crippen LogP contribution is -2.56. The number of nitrogens with one attached hydrogen (secondary N) is 1. The Hall–Kier alpha value is -4.02. The Kier molecular flexibility index (Phi) is 6.66. The average molecular weight is 503 g/mol. The first kappa shape index (κ1) is 25.1. The van der Waals surface area contributed by atoms with Gasteiger partial charge in [0.2, 0.25) is 5.91 Å². The third-order valence-corrected chi connectivity index (χ3v) is 6.36. The van der Waals surface area contributed by atoms with E-state index in [-0.39, 0.29) is 30.9 Å². The van der Waals surface area contributed by atoms with Crippen molar-refractivity contribution >= 4 is 23.4 Å². The Morgan fingerprint density at radius 1 is 1.14 bits per heavy atom. The van der Waals surface area contributed by atoms with Crippen LogP contribution in [0.1, 0.15) is 23.5 Å². The van der Waals surface area contributed by atoms with E-state index in [1.165, 1.54) is 25.2 Å². The van der Waals surface area contributed by atoms with Crippen molar-refractivity contribution in [2.24, 2.45) is 0 Å². The molecule has 0 aromatic heterocycles. The maximum atomic E-state index is 13.4. The highest BCUT2D eigenvalue weighted by atomic mass is 19.4. The van der Waals surface area contributed by atoms with E-state index in [0.717, 1.165) is 0 Å². The Morgan fingerprint density at radius 3 is 2.53 bits per heavy atom. The summed E-state index contributed by atoms with van der Waals surface area (Å²) in [7, 11) is 2.97. The molecular weight excluding hydrogens is 479 g/mol. The molecule has 1 saturated heterocycles. The van der Waals surface area contributed by atoms with Gasteiger partial charge in [-0.3, -0.25) is 14.4 Å². The highest BCUT2D eigenvalue weighted by molar-refractivity contribution is 6.04. The molecule has 3 amide bonds. The number of hydrogen-bond donors (Lipinski definition) is 1. The number of halogens is 3. The van der Waals surface area contributed by atoms with E-state index >= 15 is 0 Å². The van der Waals surface area contributed by atoms with Crippen molar-refractivity contribution in [2.45, 2.75) is 31.1 Å². The van der Waals surface area contributed by atoms with Crippen LogP contribution < -0.4 is 19.7 Å². The average Bonchev–Trinajstić information content (AvgIpc) is 3.22. The summed E-state index contributed by atoms with van der Waals surface area (Å²) in [6.45, 7) is 3.46. The molecule has 36 heavy (non-hydrogen) atoms. The number of methoxy groups -OCH3 is 2. The number of benzene rings is 2. The monoisotopic (exact) mass is 503 g/mol. The number of carbonyl (C=O) groups excluding carboxylic acids is 3. The minimum atomic E-state index is -5.04. The molecule has 1 N–H and O–H groups in total. The zero-order valence-electron chi connectivity index (χ0n) is 19.6. The maximum Gasteiger partial charge on any atom is 0.471 e. The quantitative estimate of drug-likeness (QED) is 0.612. The van der Waals surface area contributed by atoms with Crippen molar-refractivity contribution in [3.63, 3.8) is 0 Å². The Bertz CT molecular complexity index is 1230. The molecule has 2 atom stereocenters. The van der Waals surface area contributed by atoms with Crippen LogP contribution >= 0.6 is 0 Å². The highest BCUT2D eigenvalue weighted by Gasteiger charge is 2.47. The van der Waals surface area contributed by atoms with Crippen molar-refractivity contribution in [2.75, 3.05) is 25.7 Å². The molecule has 2 aromatic carbocycles. The van der Waals surface area contributed by atoms with Crippen LogP contribution in [-0.4, -0.2) is 55.6 Å². The first-order valence-electron chi connectivity index (χ1n) is 11.0. The van der Waals surface area contributed by atoms with Gasteiger partial charge in [0.25, 0.3) is 5.91 Å². The molecule has 2 aliphatic heterocycles. The van der Waals surface area contributed by atoms with E-state index in [2.05, 4.69) is 11.9 Å². The van der Waals surface area contributed by atoms with Crippen molar-refractivity contribution in [3.05, 3.63) is 65.9 Å². The van der Waals surface area contributed by atoms with Crippen LogP contribution in [-0.2, 0) is 20.9 Å². The molecule has 2 aromatic rings. The number of hydrogen-bond acceptors (Lipinski definition) is 5. The fourth-order valence-corrected chi connectivity index (χ4v) is 4.56. The molecular formula is C25H24F3N3O5. The zero-order chi connectivity index (χ0) is 26.2. The number of ether oxygens (including phenoxy) is 2.